The minimum Gasteiger partial charge on any atom is -0.508 e. The zero-order valence-electron chi connectivity index (χ0n) is 19.6. The normalized spacial score (nSPS) is 12.9. The molecular formula is C28H24N2O7. The van der Waals surface area contributed by atoms with Crippen LogP contribution in [0.3, 0.4) is 0 Å². The third-order valence-corrected chi connectivity index (χ3v) is 6.28. The van der Waals surface area contributed by atoms with Crippen molar-refractivity contribution in [1.29, 1.82) is 0 Å². The van der Waals surface area contributed by atoms with Gasteiger partial charge in [0.05, 0.1) is 0 Å². The number of nitrogens with one attached hydrogen (secondary N) is 1. The summed E-state index contributed by atoms with van der Waals surface area (Å²) in [5.74, 6) is -2.03. The molecule has 0 radical (unpaired) electrons. The number of amides is 1. The summed E-state index contributed by atoms with van der Waals surface area (Å²) in [6, 6.07) is 23.0. The fourth-order valence-electron chi connectivity index (χ4n) is 4.49. The minimum atomic E-state index is -1.22. The van der Waals surface area contributed by atoms with Crippen LogP contribution in [-0.4, -0.2) is 44.8 Å². The van der Waals surface area contributed by atoms with Gasteiger partial charge in [0.2, 0.25) is 11.8 Å². The Bertz CT molecular complexity index is 1380. The van der Waals surface area contributed by atoms with Crippen molar-refractivity contribution in [2.24, 2.45) is 0 Å². The van der Waals surface area contributed by atoms with Crippen molar-refractivity contribution in [3.63, 3.8) is 0 Å². The molecule has 0 unspecified atom stereocenters. The van der Waals surface area contributed by atoms with E-state index < -0.39 is 29.9 Å². The minimum absolute atomic E-state index is 0.00605. The molecule has 0 bridgehead atoms. The molecule has 1 heterocycles. The summed E-state index contributed by atoms with van der Waals surface area (Å²) in [7, 11) is 0. The third kappa shape index (κ3) is 4.92. The van der Waals surface area contributed by atoms with Gasteiger partial charge in [-0.3, -0.25) is 0 Å². The molecule has 0 saturated carbocycles. The molecule has 9 nitrogen and oxygen atoms in total. The maximum Gasteiger partial charge on any atom is 0.407 e. The SMILES string of the molecule is O=C(N[C@@H](Cc1ccc(O)cc1)C(=O)On1c(O)ccc1O)OCC1c2ccccc2-c2ccccc21. The van der Waals surface area contributed by atoms with E-state index in [-0.39, 0.29) is 24.7 Å². The predicted molar refractivity (Wildman–Crippen MR) is 133 cm³/mol. The molecule has 1 aromatic heterocycles. The van der Waals surface area contributed by atoms with Crippen molar-refractivity contribution in [2.75, 3.05) is 6.61 Å². The van der Waals surface area contributed by atoms with Crippen LogP contribution in [0.15, 0.2) is 84.9 Å². The van der Waals surface area contributed by atoms with Crippen molar-refractivity contribution in [1.82, 2.24) is 10.0 Å². The van der Waals surface area contributed by atoms with E-state index in [2.05, 4.69) is 5.32 Å². The third-order valence-electron chi connectivity index (χ3n) is 6.28. The van der Waals surface area contributed by atoms with Crippen molar-refractivity contribution in [3.05, 3.63) is 102 Å². The molecule has 0 fully saturated rings. The Morgan fingerprint density at radius 1 is 0.811 bits per heavy atom. The van der Waals surface area contributed by atoms with E-state index in [1.165, 1.54) is 12.1 Å². The average molecular weight is 501 g/mol. The van der Waals surface area contributed by atoms with Gasteiger partial charge in [0.15, 0.2) is 0 Å². The Morgan fingerprint density at radius 3 is 1.97 bits per heavy atom. The van der Waals surface area contributed by atoms with E-state index in [4.69, 9.17) is 9.57 Å². The fourth-order valence-corrected chi connectivity index (χ4v) is 4.49. The lowest BCUT2D eigenvalue weighted by molar-refractivity contribution is -0.147. The van der Waals surface area contributed by atoms with Gasteiger partial charge in [-0.15, -0.1) is 4.73 Å². The molecule has 188 valence electrons. The number of carbonyl (C=O) groups is 2. The van der Waals surface area contributed by atoms with Gasteiger partial charge in [0, 0.05) is 24.5 Å². The van der Waals surface area contributed by atoms with Crippen LogP contribution >= 0.6 is 0 Å². The van der Waals surface area contributed by atoms with Crippen LogP contribution in [0.5, 0.6) is 17.5 Å². The number of rotatable bonds is 7. The van der Waals surface area contributed by atoms with Gasteiger partial charge in [-0.25, -0.2) is 9.59 Å². The monoisotopic (exact) mass is 500 g/mol. The molecule has 0 aliphatic heterocycles. The van der Waals surface area contributed by atoms with Crippen LogP contribution in [0.4, 0.5) is 4.79 Å². The number of hydrogen-bond donors (Lipinski definition) is 4. The number of phenols is 1. The lowest BCUT2D eigenvalue weighted by atomic mass is 9.98. The van der Waals surface area contributed by atoms with Crippen molar-refractivity contribution >= 4 is 12.1 Å². The van der Waals surface area contributed by atoms with E-state index in [1.54, 1.807) is 12.1 Å². The molecular weight excluding hydrogens is 476 g/mol. The first-order chi connectivity index (χ1) is 17.9. The van der Waals surface area contributed by atoms with Gasteiger partial charge >= 0.3 is 12.1 Å². The molecule has 0 saturated heterocycles. The van der Waals surface area contributed by atoms with E-state index in [0.717, 1.165) is 34.4 Å². The topological polar surface area (TPSA) is 130 Å². The highest BCUT2D eigenvalue weighted by Crippen LogP contribution is 2.44. The number of benzene rings is 3. The molecule has 1 aliphatic rings. The Balaban J connectivity index is 1.31. The van der Waals surface area contributed by atoms with Crippen LogP contribution in [0.25, 0.3) is 11.1 Å². The largest absolute Gasteiger partial charge is 0.508 e. The second kappa shape index (κ2) is 9.98. The molecule has 5 rings (SSSR count). The van der Waals surface area contributed by atoms with Crippen LogP contribution in [0, 0.1) is 0 Å². The number of ether oxygens (including phenoxy) is 1. The molecule has 3 aromatic carbocycles. The second-order valence-electron chi connectivity index (χ2n) is 8.65. The second-order valence-corrected chi connectivity index (χ2v) is 8.65. The molecule has 1 aliphatic carbocycles. The van der Waals surface area contributed by atoms with E-state index in [9.17, 15) is 24.9 Å². The quantitative estimate of drug-likeness (QED) is 0.304. The summed E-state index contributed by atoms with van der Waals surface area (Å²) in [5.41, 5.74) is 4.91. The summed E-state index contributed by atoms with van der Waals surface area (Å²) >= 11 is 0. The van der Waals surface area contributed by atoms with E-state index >= 15 is 0 Å². The fraction of sp³-hybridized carbons (Fsp3) is 0.143. The van der Waals surface area contributed by atoms with E-state index in [1.807, 2.05) is 48.5 Å². The van der Waals surface area contributed by atoms with Gasteiger partial charge < -0.3 is 30.2 Å². The standard InChI is InChI=1S/C28H24N2O7/c31-18-11-9-17(10-12-18)15-24(27(34)37-30-25(32)13-14-26(30)33)29-28(35)36-16-23-21-7-3-1-5-19(21)20-6-2-4-8-22(20)23/h1-14,23-24,31-33H,15-16H2,(H,29,35)/t24-/m0/s1. The zero-order valence-corrected chi connectivity index (χ0v) is 19.6. The Hall–Kier alpha value is -4.92. The van der Waals surface area contributed by atoms with Gasteiger partial charge in [0.25, 0.3) is 0 Å². The number of phenolic OH excluding ortho intramolecular Hbond substituents is 1. The summed E-state index contributed by atoms with van der Waals surface area (Å²) in [6.45, 7) is 0.0556. The first kappa shape index (κ1) is 23.8. The van der Waals surface area contributed by atoms with Crippen molar-refractivity contribution < 1.29 is 34.5 Å². The number of alkyl carbamates (subject to hydrolysis) is 1. The van der Waals surface area contributed by atoms with E-state index in [0.29, 0.717) is 10.3 Å². The molecule has 4 aromatic rings. The number of fused-ring (bicyclic) bond motifs is 3. The lowest BCUT2D eigenvalue weighted by Crippen LogP contribution is -2.46. The highest BCUT2D eigenvalue weighted by atomic mass is 16.7. The molecule has 9 heteroatoms. The van der Waals surface area contributed by atoms with Crippen LogP contribution in [0.1, 0.15) is 22.6 Å². The Kier molecular flexibility index (Phi) is 6.42. The number of nitrogens with zero attached hydrogens (tertiary/aromatic N) is 1. The predicted octanol–water partition coefficient (Wildman–Crippen LogP) is 3.71. The summed E-state index contributed by atoms with van der Waals surface area (Å²) < 4.78 is 6.10. The van der Waals surface area contributed by atoms with Crippen LogP contribution in [0.2, 0.25) is 0 Å². The molecule has 1 amide bonds. The smallest absolute Gasteiger partial charge is 0.407 e. The molecule has 0 spiro atoms. The number of aromatic nitrogens is 1. The van der Waals surface area contributed by atoms with Gasteiger partial charge in [-0.1, -0.05) is 60.7 Å². The highest BCUT2D eigenvalue weighted by Gasteiger charge is 2.30. The van der Waals surface area contributed by atoms with Gasteiger partial charge in [-0.05, 0) is 39.9 Å². The number of aromatic hydroxyl groups is 3. The highest BCUT2D eigenvalue weighted by molar-refractivity contribution is 5.82. The maximum atomic E-state index is 12.9. The maximum absolute atomic E-state index is 12.9. The zero-order chi connectivity index (χ0) is 25.9. The van der Waals surface area contributed by atoms with Crippen molar-refractivity contribution in [2.45, 2.75) is 18.4 Å². The lowest BCUT2D eigenvalue weighted by Gasteiger charge is -2.19. The molecule has 4 N–H and O–H groups in total. The summed E-state index contributed by atoms with van der Waals surface area (Å²) in [5, 5.41) is 31.7. The first-order valence-corrected chi connectivity index (χ1v) is 11.6. The Labute approximate surface area is 212 Å². The summed E-state index contributed by atoms with van der Waals surface area (Å²) in [4.78, 5) is 30.9. The first-order valence-electron chi connectivity index (χ1n) is 11.6. The molecule has 1 atom stereocenters. The number of hydrogen-bond acceptors (Lipinski definition) is 7. The number of carbonyl (C=O) groups excluding carboxylic acids is 2. The summed E-state index contributed by atoms with van der Waals surface area (Å²) in [6.07, 6.45) is -0.824. The van der Waals surface area contributed by atoms with Crippen LogP contribution < -0.4 is 10.2 Å². The van der Waals surface area contributed by atoms with Crippen LogP contribution in [-0.2, 0) is 16.0 Å². The molecule has 37 heavy (non-hydrogen) atoms. The Morgan fingerprint density at radius 2 is 1.38 bits per heavy atom. The average Bonchev–Trinajstić information content (AvgIpc) is 3.40. The van der Waals surface area contributed by atoms with Gasteiger partial charge in [-0.2, -0.15) is 0 Å². The van der Waals surface area contributed by atoms with Crippen molar-refractivity contribution in [3.8, 4) is 28.6 Å². The van der Waals surface area contributed by atoms with Gasteiger partial charge in [0.1, 0.15) is 18.4 Å².